The van der Waals surface area contributed by atoms with Gasteiger partial charge >= 0.3 is 12.1 Å². The van der Waals surface area contributed by atoms with E-state index in [1.54, 1.807) is 30.3 Å². The molecule has 0 spiro atoms. The van der Waals surface area contributed by atoms with Gasteiger partial charge in [0.25, 0.3) is 5.91 Å². The van der Waals surface area contributed by atoms with Crippen LogP contribution in [0.2, 0.25) is 0 Å². The SMILES string of the molecule is CCN(C(=O)NCCc1ccccc1)C1CCc2cc(C(=O)Nc3ccccc3NC(=O)O)ccc21. The number of nitrogens with zero attached hydrogens (tertiary/aromatic N) is 1. The van der Waals surface area contributed by atoms with Crippen LogP contribution in [0.5, 0.6) is 0 Å². The summed E-state index contributed by atoms with van der Waals surface area (Å²) in [6.07, 6.45) is 1.14. The zero-order chi connectivity index (χ0) is 25.5. The monoisotopic (exact) mass is 486 g/mol. The molecular weight excluding hydrogens is 456 g/mol. The third-order valence-corrected chi connectivity index (χ3v) is 6.38. The molecule has 0 heterocycles. The number of hydrogen-bond donors (Lipinski definition) is 4. The molecule has 36 heavy (non-hydrogen) atoms. The van der Waals surface area contributed by atoms with Crippen molar-refractivity contribution in [2.24, 2.45) is 0 Å². The van der Waals surface area contributed by atoms with Gasteiger partial charge in [0.2, 0.25) is 0 Å². The van der Waals surface area contributed by atoms with Gasteiger partial charge in [0.05, 0.1) is 17.4 Å². The van der Waals surface area contributed by atoms with Crippen molar-refractivity contribution < 1.29 is 19.5 Å². The third kappa shape index (κ3) is 5.83. The molecule has 8 heteroatoms. The average molecular weight is 487 g/mol. The Balaban J connectivity index is 1.41. The molecule has 3 aromatic rings. The molecule has 0 saturated carbocycles. The summed E-state index contributed by atoms with van der Waals surface area (Å²) in [6, 6.07) is 22.1. The highest BCUT2D eigenvalue weighted by molar-refractivity contribution is 6.07. The number of hydrogen-bond acceptors (Lipinski definition) is 3. The van der Waals surface area contributed by atoms with Crippen molar-refractivity contribution in [1.29, 1.82) is 0 Å². The molecular formula is C28H30N4O4. The van der Waals surface area contributed by atoms with Crippen LogP contribution in [0.1, 0.15) is 46.4 Å². The Morgan fingerprint density at radius 3 is 2.33 bits per heavy atom. The van der Waals surface area contributed by atoms with E-state index < -0.39 is 6.09 Å². The molecule has 0 aromatic heterocycles. The van der Waals surface area contributed by atoms with E-state index >= 15 is 0 Å². The maximum absolute atomic E-state index is 13.0. The van der Waals surface area contributed by atoms with Crippen LogP contribution in [0, 0.1) is 0 Å². The fraction of sp³-hybridized carbons (Fsp3) is 0.250. The highest BCUT2D eigenvalue weighted by atomic mass is 16.4. The van der Waals surface area contributed by atoms with Crippen molar-refractivity contribution in [2.45, 2.75) is 32.2 Å². The standard InChI is InChI=1S/C28H30N4O4/c1-2-32(27(34)29-17-16-19-8-4-3-5-9-19)25-15-13-20-18-21(12-14-22(20)25)26(33)30-23-10-6-7-11-24(23)31-28(35)36/h3-12,14,18,25,31H,2,13,15-17H2,1H3,(H,29,34)(H,30,33)(H,35,36). The van der Waals surface area contributed by atoms with Crippen molar-refractivity contribution in [2.75, 3.05) is 23.7 Å². The molecule has 0 radical (unpaired) electrons. The Labute approximate surface area is 210 Å². The number of benzene rings is 3. The van der Waals surface area contributed by atoms with Crippen LogP contribution in [-0.2, 0) is 12.8 Å². The lowest BCUT2D eigenvalue weighted by atomic mass is 10.0. The third-order valence-electron chi connectivity index (χ3n) is 6.38. The number of amides is 4. The molecule has 1 atom stereocenters. The molecule has 1 unspecified atom stereocenters. The van der Waals surface area contributed by atoms with Gasteiger partial charge in [0, 0.05) is 18.7 Å². The Morgan fingerprint density at radius 2 is 1.64 bits per heavy atom. The Kier molecular flexibility index (Phi) is 7.85. The second-order valence-electron chi connectivity index (χ2n) is 8.65. The minimum Gasteiger partial charge on any atom is -0.465 e. The minimum atomic E-state index is -1.20. The molecule has 1 aliphatic rings. The zero-order valence-electron chi connectivity index (χ0n) is 20.2. The summed E-state index contributed by atoms with van der Waals surface area (Å²) < 4.78 is 0. The molecule has 0 bridgehead atoms. The van der Waals surface area contributed by atoms with Crippen LogP contribution in [0.25, 0.3) is 0 Å². The van der Waals surface area contributed by atoms with Crippen LogP contribution >= 0.6 is 0 Å². The van der Waals surface area contributed by atoms with E-state index in [1.165, 1.54) is 5.56 Å². The number of urea groups is 1. The fourth-order valence-corrected chi connectivity index (χ4v) is 4.64. The summed E-state index contributed by atoms with van der Waals surface area (Å²) in [5.74, 6) is -0.327. The first-order valence-electron chi connectivity index (χ1n) is 12.1. The van der Waals surface area contributed by atoms with E-state index in [0.29, 0.717) is 30.0 Å². The number of carbonyl (C=O) groups is 3. The van der Waals surface area contributed by atoms with E-state index in [4.69, 9.17) is 5.11 Å². The van der Waals surface area contributed by atoms with Gasteiger partial charge in [-0.15, -0.1) is 0 Å². The van der Waals surface area contributed by atoms with Gasteiger partial charge in [-0.3, -0.25) is 10.1 Å². The van der Waals surface area contributed by atoms with Crippen molar-refractivity contribution in [3.05, 3.63) is 95.1 Å². The maximum atomic E-state index is 13.0. The summed E-state index contributed by atoms with van der Waals surface area (Å²) in [5, 5.41) is 17.1. The van der Waals surface area contributed by atoms with E-state index in [9.17, 15) is 14.4 Å². The normalized spacial score (nSPS) is 14.0. The molecule has 8 nitrogen and oxygen atoms in total. The van der Waals surface area contributed by atoms with Crippen LogP contribution in [0.4, 0.5) is 21.0 Å². The summed E-state index contributed by atoms with van der Waals surface area (Å²) in [4.78, 5) is 38.7. The fourth-order valence-electron chi connectivity index (χ4n) is 4.64. The molecule has 4 amide bonds. The van der Waals surface area contributed by atoms with Gasteiger partial charge in [-0.1, -0.05) is 48.5 Å². The lowest BCUT2D eigenvalue weighted by Gasteiger charge is -2.29. The van der Waals surface area contributed by atoms with Gasteiger partial charge in [-0.05, 0) is 67.1 Å². The van der Waals surface area contributed by atoms with Crippen LogP contribution in [0.15, 0.2) is 72.8 Å². The minimum absolute atomic E-state index is 0.0423. The van der Waals surface area contributed by atoms with Crippen molar-refractivity contribution in [3.63, 3.8) is 0 Å². The molecule has 0 saturated heterocycles. The Bertz CT molecular complexity index is 1250. The zero-order valence-corrected chi connectivity index (χ0v) is 20.2. The first kappa shape index (κ1) is 24.8. The second kappa shape index (κ2) is 11.4. The van der Waals surface area contributed by atoms with E-state index in [1.807, 2.05) is 54.3 Å². The average Bonchev–Trinajstić information content (AvgIpc) is 3.29. The molecule has 4 N–H and O–H groups in total. The number of carbonyl (C=O) groups excluding carboxylic acids is 2. The predicted octanol–water partition coefficient (Wildman–Crippen LogP) is 5.29. The topological polar surface area (TPSA) is 111 Å². The summed E-state index contributed by atoms with van der Waals surface area (Å²) >= 11 is 0. The number of fused-ring (bicyclic) bond motifs is 1. The number of carboxylic acid groups (broad SMARTS) is 1. The summed E-state index contributed by atoms with van der Waals surface area (Å²) in [7, 11) is 0. The molecule has 4 rings (SSSR count). The van der Waals surface area contributed by atoms with Crippen molar-refractivity contribution in [1.82, 2.24) is 10.2 Å². The highest BCUT2D eigenvalue weighted by Crippen LogP contribution is 2.36. The second-order valence-corrected chi connectivity index (χ2v) is 8.65. The lowest BCUT2D eigenvalue weighted by Crippen LogP contribution is -2.42. The summed E-state index contributed by atoms with van der Waals surface area (Å²) in [6.45, 7) is 3.12. The van der Waals surface area contributed by atoms with Crippen LogP contribution < -0.4 is 16.0 Å². The first-order valence-corrected chi connectivity index (χ1v) is 12.1. The molecule has 3 aromatic carbocycles. The van der Waals surface area contributed by atoms with Gasteiger partial charge in [0.15, 0.2) is 0 Å². The van der Waals surface area contributed by atoms with Crippen molar-refractivity contribution >= 4 is 29.4 Å². The van der Waals surface area contributed by atoms with Gasteiger partial charge in [0.1, 0.15) is 0 Å². The number of aryl methyl sites for hydroxylation is 1. The van der Waals surface area contributed by atoms with Crippen molar-refractivity contribution in [3.8, 4) is 0 Å². The Morgan fingerprint density at radius 1 is 0.944 bits per heavy atom. The van der Waals surface area contributed by atoms with E-state index in [0.717, 1.165) is 30.4 Å². The van der Waals surface area contributed by atoms with Crippen LogP contribution in [0.3, 0.4) is 0 Å². The van der Waals surface area contributed by atoms with Gasteiger partial charge < -0.3 is 20.6 Å². The number of nitrogens with one attached hydrogen (secondary N) is 3. The summed E-state index contributed by atoms with van der Waals surface area (Å²) in [5.41, 5.74) is 4.44. The van der Waals surface area contributed by atoms with Crippen LogP contribution in [-0.4, -0.2) is 41.1 Å². The molecule has 1 aliphatic carbocycles. The lowest BCUT2D eigenvalue weighted by molar-refractivity contribution is 0.102. The van der Waals surface area contributed by atoms with Gasteiger partial charge in [-0.25, -0.2) is 9.59 Å². The number of anilines is 2. The molecule has 0 fully saturated rings. The smallest absolute Gasteiger partial charge is 0.409 e. The molecule has 0 aliphatic heterocycles. The van der Waals surface area contributed by atoms with E-state index in [-0.39, 0.29) is 18.0 Å². The quantitative estimate of drug-likeness (QED) is 0.347. The van der Waals surface area contributed by atoms with E-state index in [2.05, 4.69) is 16.0 Å². The first-order chi connectivity index (χ1) is 17.5. The largest absolute Gasteiger partial charge is 0.465 e. The highest BCUT2D eigenvalue weighted by Gasteiger charge is 2.30. The number of rotatable bonds is 8. The van der Waals surface area contributed by atoms with Gasteiger partial charge in [-0.2, -0.15) is 0 Å². The maximum Gasteiger partial charge on any atom is 0.409 e. The Hall–Kier alpha value is -4.33. The molecule has 186 valence electrons. The number of para-hydroxylation sites is 2. The predicted molar refractivity (Wildman–Crippen MR) is 139 cm³/mol.